The van der Waals surface area contributed by atoms with E-state index in [1.54, 1.807) is 7.11 Å². The summed E-state index contributed by atoms with van der Waals surface area (Å²) in [5.74, 6) is -0.440. The molecule has 0 atom stereocenters. The lowest BCUT2D eigenvalue weighted by Gasteiger charge is -2.09. The van der Waals surface area contributed by atoms with Gasteiger partial charge in [-0.15, -0.1) is 0 Å². The molecule has 7 nitrogen and oxygen atoms in total. The minimum absolute atomic E-state index is 0.440. The van der Waals surface area contributed by atoms with E-state index in [1.807, 2.05) is 25.1 Å². The van der Waals surface area contributed by atoms with Crippen LogP contribution in [-0.2, 0) is 25.7 Å². The molecule has 7 heteroatoms. The maximum absolute atomic E-state index is 11.1. The lowest BCUT2D eigenvalue weighted by atomic mass is 10.1. The van der Waals surface area contributed by atoms with E-state index in [4.69, 9.17) is 20.0 Å². The Bertz CT molecular complexity index is 1090. The number of hydrogen-bond acceptors (Lipinski definition) is 6. The number of nitrogen functional groups attached to an aromatic ring is 1. The highest BCUT2D eigenvalue weighted by molar-refractivity contribution is 6.12. The number of carbonyl (C=O) groups is 1. The number of ether oxygens (including phenoxy) is 2. The maximum Gasteiger partial charge on any atom is 0.331 e. The van der Waals surface area contributed by atoms with E-state index in [2.05, 4.69) is 27.9 Å². The van der Waals surface area contributed by atoms with Crippen LogP contribution in [0.5, 0.6) is 0 Å². The number of aromatic nitrogens is 1. The predicted octanol–water partition coefficient (Wildman–Crippen LogP) is 4.89. The van der Waals surface area contributed by atoms with Gasteiger partial charge in [-0.05, 0) is 55.7 Å². The van der Waals surface area contributed by atoms with Gasteiger partial charge in [-0.25, -0.2) is 4.79 Å². The van der Waals surface area contributed by atoms with Crippen LogP contribution in [0, 0.1) is 0 Å². The summed E-state index contributed by atoms with van der Waals surface area (Å²) in [6.07, 6.45) is 4.51. The fraction of sp³-hybridized carbons (Fsp3) is 0.440. The molecular formula is C25H33N3O4. The van der Waals surface area contributed by atoms with Gasteiger partial charge in [-0.3, -0.25) is 0 Å². The molecule has 3 aromatic rings. The van der Waals surface area contributed by atoms with Crippen molar-refractivity contribution in [1.29, 1.82) is 0 Å². The van der Waals surface area contributed by atoms with Crippen molar-refractivity contribution in [2.75, 3.05) is 32.7 Å². The van der Waals surface area contributed by atoms with Gasteiger partial charge in [-0.2, -0.15) is 0 Å². The van der Waals surface area contributed by atoms with E-state index < -0.39 is 5.97 Å². The molecule has 0 saturated carbocycles. The molecule has 0 bridgehead atoms. The van der Waals surface area contributed by atoms with Crippen molar-refractivity contribution in [3.05, 3.63) is 42.0 Å². The van der Waals surface area contributed by atoms with E-state index in [-0.39, 0.29) is 0 Å². The van der Waals surface area contributed by atoms with Gasteiger partial charge in [0.15, 0.2) is 0 Å². The van der Waals surface area contributed by atoms with Crippen LogP contribution in [0.3, 0.4) is 0 Å². The van der Waals surface area contributed by atoms with Gasteiger partial charge in [0.2, 0.25) is 0 Å². The van der Waals surface area contributed by atoms with Crippen molar-refractivity contribution in [2.45, 2.75) is 46.1 Å². The zero-order valence-corrected chi connectivity index (χ0v) is 19.2. The molecule has 0 radical (unpaired) electrons. The fourth-order valence-electron chi connectivity index (χ4n) is 3.84. The van der Waals surface area contributed by atoms with Crippen molar-refractivity contribution in [2.24, 2.45) is 5.16 Å². The summed E-state index contributed by atoms with van der Waals surface area (Å²) in [7, 11) is 1.74. The fourth-order valence-corrected chi connectivity index (χ4v) is 3.84. The Morgan fingerprint density at radius 1 is 0.938 bits per heavy atom. The molecule has 0 unspecified atom stereocenters. The second kappa shape index (κ2) is 11.6. The van der Waals surface area contributed by atoms with E-state index in [0.29, 0.717) is 12.3 Å². The Morgan fingerprint density at radius 3 is 2.34 bits per heavy atom. The molecular weight excluding hydrogens is 406 g/mol. The van der Waals surface area contributed by atoms with Crippen LogP contribution in [0.2, 0.25) is 0 Å². The predicted molar refractivity (Wildman–Crippen MR) is 129 cm³/mol. The van der Waals surface area contributed by atoms with Gasteiger partial charge >= 0.3 is 5.97 Å². The number of rotatable bonds is 12. The SMILES string of the molecule is COCCCCCCOCCn1c2ccc(N)cc2c2cc(/C(C)=N/OC(C)=O)ccc21. The molecule has 32 heavy (non-hydrogen) atoms. The van der Waals surface area contributed by atoms with Crippen LogP contribution < -0.4 is 5.73 Å². The summed E-state index contributed by atoms with van der Waals surface area (Å²) >= 11 is 0. The molecule has 0 aliphatic rings. The normalized spacial score (nSPS) is 12.0. The molecule has 0 aliphatic carbocycles. The number of fused-ring (bicyclic) bond motifs is 3. The molecule has 2 N–H and O–H groups in total. The van der Waals surface area contributed by atoms with Crippen molar-refractivity contribution in [1.82, 2.24) is 4.57 Å². The van der Waals surface area contributed by atoms with Gasteiger partial charge in [0.25, 0.3) is 0 Å². The Balaban J connectivity index is 1.74. The van der Waals surface area contributed by atoms with Crippen molar-refractivity contribution >= 4 is 39.2 Å². The highest BCUT2D eigenvalue weighted by atomic mass is 16.7. The van der Waals surface area contributed by atoms with Crippen LogP contribution in [-0.4, -0.2) is 43.2 Å². The first-order chi connectivity index (χ1) is 15.5. The van der Waals surface area contributed by atoms with Crippen molar-refractivity contribution < 1.29 is 19.1 Å². The van der Waals surface area contributed by atoms with Crippen molar-refractivity contribution in [3.8, 4) is 0 Å². The van der Waals surface area contributed by atoms with E-state index in [1.165, 1.54) is 13.3 Å². The van der Waals surface area contributed by atoms with Crippen molar-refractivity contribution in [3.63, 3.8) is 0 Å². The number of anilines is 1. The van der Waals surface area contributed by atoms with Crippen LogP contribution in [0.15, 0.2) is 41.6 Å². The summed E-state index contributed by atoms with van der Waals surface area (Å²) in [4.78, 5) is 15.9. The topological polar surface area (TPSA) is 88.1 Å². The Hall–Kier alpha value is -2.90. The molecule has 1 aromatic heterocycles. The summed E-state index contributed by atoms with van der Waals surface area (Å²) in [6.45, 7) is 6.16. The first-order valence-corrected chi connectivity index (χ1v) is 11.1. The van der Waals surface area contributed by atoms with Crippen LogP contribution in [0.4, 0.5) is 5.69 Å². The summed E-state index contributed by atoms with van der Waals surface area (Å²) in [6, 6.07) is 12.1. The number of benzene rings is 2. The third kappa shape index (κ3) is 6.08. The average Bonchev–Trinajstić information content (AvgIpc) is 3.08. The smallest absolute Gasteiger partial charge is 0.331 e. The molecule has 0 saturated heterocycles. The van der Waals surface area contributed by atoms with E-state index in [0.717, 1.165) is 72.1 Å². The van der Waals surface area contributed by atoms with Gasteiger partial charge < -0.3 is 24.6 Å². The van der Waals surface area contributed by atoms with Gasteiger partial charge in [0, 0.05) is 61.3 Å². The minimum Gasteiger partial charge on any atom is -0.399 e. The maximum atomic E-state index is 11.1. The molecule has 3 rings (SSSR count). The first kappa shape index (κ1) is 23.8. The summed E-state index contributed by atoms with van der Waals surface area (Å²) in [5.41, 5.74) is 10.6. The van der Waals surface area contributed by atoms with E-state index >= 15 is 0 Å². The average molecular weight is 440 g/mol. The monoisotopic (exact) mass is 439 g/mol. The van der Waals surface area contributed by atoms with Crippen LogP contribution >= 0.6 is 0 Å². The minimum atomic E-state index is -0.440. The zero-order valence-electron chi connectivity index (χ0n) is 19.2. The zero-order chi connectivity index (χ0) is 22.9. The lowest BCUT2D eigenvalue weighted by molar-refractivity contribution is -0.140. The number of carbonyl (C=O) groups excluding carboxylic acids is 1. The second-order valence-corrected chi connectivity index (χ2v) is 7.94. The summed E-state index contributed by atoms with van der Waals surface area (Å²) < 4.78 is 13.3. The third-order valence-electron chi connectivity index (χ3n) is 5.46. The molecule has 0 aliphatic heterocycles. The van der Waals surface area contributed by atoms with Gasteiger partial charge in [0.05, 0.1) is 12.3 Å². The van der Waals surface area contributed by atoms with Crippen LogP contribution in [0.1, 0.15) is 45.1 Å². The lowest BCUT2D eigenvalue weighted by Crippen LogP contribution is -2.07. The standard InChI is InChI=1S/C25H33N3O4/c1-18(27-32-19(2)29)20-8-10-24-22(16-20)23-17-21(26)9-11-25(23)28(24)12-15-31-14-7-5-4-6-13-30-3/h8-11,16-17H,4-7,12-15,26H2,1-3H3/b27-18+. The molecule has 1 heterocycles. The second-order valence-electron chi connectivity index (χ2n) is 7.94. The highest BCUT2D eigenvalue weighted by Gasteiger charge is 2.13. The number of hydrogen-bond donors (Lipinski definition) is 1. The Labute approximate surface area is 189 Å². The third-order valence-corrected chi connectivity index (χ3v) is 5.46. The molecule has 0 fully saturated rings. The molecule has 2 aromatic carbocycles. The Morgan fingerprint density at radius 2 is 1.62 bits per heavy atom. The van der Waals surface area contributed by atoms with Gasteiger partial charge in [0.1, 0.15) is 0 Å². The number of unbranched alkanes of at least 4 members (excludes halogenated alkanes) is 3. The molecule has 172 valence electrons. The first-order valence-electron chi connectivity index (χ1n) is 11.1. The number of nitrogens with zero attached hydrogens (tertiary/aromatic N) is 2. The number of methoxy groups -OCH3 is 1. The van der Waals surface area contributed by atoms with Gasteiger partial charge in [-0.1, -0.05) is 24.1 Å². The van der Waals surface area contributed by atoms with E-state index in [9.17, 15) is 4.79 Å². The quantitative estimate of drug-likeness (QED) is 0.143. The largest absolute Gasteiger partial charge is 0.399 e. The molecule has 0 spiro atoms. The number of oxime groups is 1. The van der Waals surface area contributed by atoms with Crippen LogP contribution in [0.25, 0.3) is 21.8 Å². The summed E-state index contributed by atoms with van der Waals surface area (Å²) in [5, 5.41) is 6.08. The number of nitrogens with two attached hydrogens (primary N) is 1. The molecule has 0 amide bonds. The highest BCUT2D eigenvalue weighted by Crippen LogP contribution is 2.31. The Kier molecular flexibility index (Phi) is 8.64.